The zero-order valence-corrected chi connectivity index (χ0v) is 10.9. The van der Waals surface area contributed by atoms with Gasteiger partial charge in [0.2, 0.25) is 0 Å². The fourth-order valence-electron chi connectivity index (χ4n) is 1.75. The molecule has 0 saturated carbocycles. The molecule has 2 N–H and O–H groups in total. The Labute approximate surface area is 110 Å². The van der Waals surface area contributed by atoms with Crippen molar-refractivity contribution in [2.45, 2.75) is 19.4 Å². The molecule has 2 aromatic rings. The predicted octanol–water partition coefficient (Wildman–Crippen LogP) is 3.33. The summed E-state index contributed by atoms with van der Waals surface area (Å²) in [6, 6.07) is 10.4. The number of benzene rings is 1. The smallest absolute Gasteiger partial charge is 0.251 e. The molecule has 18 heavy (non-hydrogen) atoms. The highest BCUT2D eigenvalue weighted by molar-refractivity contribution is 7.10. The molecule has 0 spiro atoms. The Bertz CT molecular complexity index is 522. The van der Waals surface area contributed by atoms with E-state index in [-0.39, 0.29) is 17.7 Å². The highest BCUT2D eigenvalue weighted by atomic mass is 32.1. The van der Waals surface area contributed by atoms with Gasteiger partial charge in [0.1, 0.15) is 5.75 Å². The van der Waals surface area contributed by atoms with Gasteiger partial charge in [-0.1, -0.05) is 19.1 Å². The number of phenols is 1. The molecule has 0 aliphatic carbocycles. The number of carbonyl (C=O) groups excluding carboxylic acids is 1. The van der Waals surface area contributed by atoms with Gasteiger partial charge < -0.3 is 10.4 Å². The number of hydrogen-bond acceptors (Lipinski definition) is 3. The summed E-state index contributed by atoms with van der Waals surface area (Å²) in [6.07, 6.45) is 0.838. The summed E-state index contributed by atoms with van der Waals surface area (Å²) in [4.78, 5) is 13.2. The molecule has 0 aliphatic heterocycles. The zero-order chi connectivity index (χ0) is 13.0. The molecule has 3 nitrogen and oxygen atoms in total. The van der Waals surface area contributed by atoms with Gasteiger partial charge in [-0.25, -0.2) is 0 Å². The average Bonchev–Trinajstić information content (AvgIpc) is 2.89. The molecular weight excluding hydrogens is 246 g/mol. The molecule has 1 unspecified atom stereocenters. The number of thiophene rings is 1. The number of aromatic hydroxyl groups is 1. The Morgan fingerprint density at radius 1 is 1.39 bits per heavy atom. The second-order valence-corrected chi connectivity index (χ2v) is 4.98. The SMILES string of the molecule is CCC(NC(=O)c1cccc(O)c1)c1cccs1. The first-order chi connectivity index (χ1) is 8.70. The lowest BCUT2D eigenvalue weighted by atomic mass is 10.1. The summed E-state index contributed by atoms with van der Waals surface area (Å²) in [6.45, 7) is 2.03. The van der Waals surface area contributed by atoms with Crippen LogP contribution in [0, 0.1) is 0 Å². The van der Waals surface area contributed by atoms with Crippen molar-refractivity contribution in [1.82, 2.24) is 5.32 Å². The fourth-order valence-corrected chi connectivity index (χ4v) is 2.61. The second kappa shape index (κ2) is 5.69. The van der Waals surface area contributed by atoms with Crippen molar-refractivity contribution in [2.24, 2.45) is 0 Å². The maximum Gasteiger partial charge on any atom is 0.251 e. The minimum absolute atomic E-state index is 0.0276. The van der Waals surface area contributed by atoms with Gasteiger partial charge in [0, 0.05) is 10.4 Å². The first-order valence-corrected chi connectivity index (χ1v) is 6.72. The van der Waals surface area contributed by atoms with Gasteiger partial charge in [-0.2, -0.15) is 0 Å². The number of hydrogen-bond donors (Lipinski definition) is 2. The van der Waals surface area contributed by atoms with Crippen molar-refractivity contribution < 1.29 is 9.90 Å². The fraction of sp³-hybridized carbons (Fsp3) is 0.214. The van der Waals surface area contributed by atoms with Gasteiger partial charge in [0.25, 0.3) is 5.91 Å². The maximum absolute atomic E-state index is 12.0. The normalized spacial score (nSPS) is 12.1. The molecule has 1 aromatic heterocycles. The van der Waals surface area contributed by atoms with E-state index in [0.29, 0.717) is 5.56 Å². The predicted molar refractivity (Wildman–Crippen MR) is 72.9 cm³/mol. The van der Waals surface area contributed by atoms with Crippen molar-refractivity contribution in [3.63, 3.8) is 0 Å². The van der Waals surface area contributed by atoms with Crippen LogP contribution in [-0.4, -0.2) is 11.0 Å². The Kier molecular flexibility index (Phi) is 3.99. The van der Waals surface area contributed by atoms with E-state index >= 15 is 0 Å². The molecule has 2 rings (SSSR count). The number of carbonyl (C=O) groups is 1. The van der Waals surface area contributed by atoms with Gasteiger partial charge in [-0.3, -0.25) is 4.79 Å². The van der Waals surface area contributed by atoms with Gasteiger partial charge >= 0.3 is 0 Å². The molecule has 1 amide bonds. The Balaban J connectivity index is 2.11. The number of amides is 1. The van der Waals surface area contributed by atoms with E-state index in [1.165, 1.54) is 6.07 Å². The summed E-state index contributed by atoms with van der Waals surface area (Å²) >= 11 is 1.63. The van der Waals surface area contributed by atoms with E-state index in [4.69, 9.17) is 0 Å². The summed E-state index contributed by atoms with van der Waals surface area (Å²) in [5.74, 6) is -0.0574. The van der Waals surface area contributed by atoms with E-state index < -0.39 is 0 Å². The average molecular weight is 261 g/mol. The minimum Gasteiger partial charge on any atom is -0.508 e. The number of rotatable bonds is 4. The lowest BCUT2D eigenvalue weighted by Gasteiger charge is -2.15. The monoisotopic (exact) mass is 261 g/mol. The van der Waals surface area contributed by atoms with Crippen LogP contribution in [0.25, 0.3) is 0 Å². The highest BCUT2D eigenvalue weighted by Gasteiger charge is 2.14. The third kappa shape index (κ3) is 2.90. The molecule has 94 valence electrons. The first kappa shape index (κ1) is 12.6. The molecule has 0 radical (unpaired) electrons. The molecular formula is C14H15NO2S. The lowest BCUT2D eigenvalue weighted by Crippen LogP contribution is -2.27. The third-order valence-corrected chi connectivity index (χ3v) is 3.69. The summed E-state index contributed by atoms with van der Waals surface area (Å²) in [5, 5.41) is 14.3. The molecule has 0 bridgehead atoms. The molecule has 0 fully saturated rings. The van der Waals surface area contributed by atoms with Crippen LogP contribution in [0.1, 0.15) is 34.6 Å². The van der Waals surface area contributed by atoms with E-state index in [2.05, 4.69) is 5.32 Å². The highest BCUT2D eigenvalue weighted by Crippen LogP contribution is 2.22. The van der Waals surface area contributed by atoms with Crippen LogP contribution in [0.2, 0.25) is 0 Å². The molecule has 0 aliphatic rings. The van der Waals surface area contributed by atoms with Gasteiger partial charge in [-0.05, 0) is 36.1 Å². The van der Waals surface area contributed by atoms with Crippen LogP contribution in [0.15, 0.2) is 41.8 Å². The zero-order valence-electron chi connectivity index (χ0n) is 10.1. The molecule has 1 heterocycles. The van der Waals surface area contributed by atoms with E-state index in [1.54, 1.807) is 29.5 Å². The van der Waals surface area contributed by atoms with E-state index in [1.807, 2.05) is 24.4 Å². The van der Waals surface area contributed by atoms with Crippen molar-refractivity contribution in [2.75, 3.05) is 0 Å². The van der Waals surface area contributed by atoms with Crippen LogP contribution >= 0.6 is 11.3 Å². The molecule has 0 saturated heterocycles. The molecule has 4 heteroatoms. The van der Waals surface area contributed by atoms with Crippen molar-refractivity contribution in [3.05, 3.63) is 52.2 Å². The van der Waals surface area contributed by atoms with E-state index in [9.17, 15) is 9.90 Å². The Morgan fingerprint density at radius 3 is 2.83 bits per heavy atom. The van der Waals surface area contributed by atoms with Crippen LogP contribution in [-0.2, 0) is 0 Å². The lowest BCUT2D eigenvalue weighted by molar-refractivity contribution is 0.0936. The quantitative estimate of drug-likeness (QED) is 0.886. The van der Waals surface area contributed by atoms with E-state index in [0.717, 1.165) is 11.3 Å². The molecule has 1 aromatic carbocycles. The van der Waals surface area contributed by atoms with Crippen LogP contribution in [0.4, 0.5) is 0 Å². The third-order valence-electron chi connectivity index (χ3n) is 2.71. The Hall–Kier alpha value is -1.81. The summed E-state index contributed by atoms with van der Waals surface area (Å²) < 4.78 is 0. The van der Waals surface area contributed by atoms with Crippen LogP contribution in [0.5, 0.6) is 5.75 Å². The second-order valence-electron chi connectivity index (χ2n) is 4.00. The number of phenolic OH excluding ortho intramolecular Hbond substituents is 1. The summed E-state index contributed by atoms with van der Waals surface area (Å²) in [5.41, 5.74) is 0.477. The largest absolute Gasteiger partial charge is 0.508 e. The van der Waals surface area contributed by atoms with Crippen molar-refractivity contribution in [1.29, 1.82) is 0 Å². The Morgan fingerprint density at radius 2 is 2.22 bits per heavy atom. The topological polar surface area (TPSA) is 49.3 Å². The molecule has 1 atom stereocenters. The van der Waals surface area contributed by atoms with Crippen molar-refractivity contribution in [3.8, 4) is 5.75 Å². The maximum atomic E-state index is 12.0. The number of nitrogens with one attached hydrogen (secondary N) is 1. The standard InChI is InChI=1S/C14H15NO2S/c1-2-12(13-7-4-8-18-13)15-14(17)10-5-3-6-11(16)9-10/h3-9,12,16H,2H2,1H3,(H,15,17). The first-order valence-electron chi connectivity index (χ1n) is 5.84. The van der Waals surface area contributed by atoms with Crippen LogP contribution in [0.3, 0.4) is 0 Å². The van der Waals surface area contributed by atoms with Gasteiger partial charge in [0.05, 0.1) is 6.04 Å². The summed E-state index contributed by atoms with van der Waals surface area (Å²) in [7, 11) is 0. The minimum atomic E-state index is -0.161. The van der Waals surface area contributed by atoms with Crippen molar-refractivity contribution >= 4 is 17.2 Å². The van der Waals surface area contributed by atoms with Gasteiger partial charge in [0.15, 0.2) is 0 Å². The van der Waals surface area contributed by atoms with Crippen LogP contribution < -0.4 is 5.32 Å². The van der Waals surface area contributed by atoms with Gasteiger partial charge in [-0.15, -0.1) is 11.3 Å².